The number of carbonyl (C=O) groups is 1. The molecule has 0 aliphatic carbocycles. The van der Waals surface area contributed by atoms with Gasteiger partial charge in [0.05, 0.1) is 0 Å². The molecule has 0 atom stereocenters. The van der Waals surface area contributed by atoms with Crippen LogP contribution in [-0.2, 0) is 6.54 Å². The van der Waals surface area contributed by atoms with Crippen molar-refractivity contribution >= 4 is 33.1 Å². The maximum Gasteiger partial charge on any atom is 0.271 e. The first kappa shape index (κ1) is 12.6. The lowest BCUT2D eigenvalue weighted by Crippen LogP contribution is -2.23. The number of rotatable bonds is 3. The molecule has 2 aromatic carbocycles. The molecule has 1 heterocycles. The van der Waals surface area contributed by atoms with Crippen molar-refractivity contribution in [1.29, 1.82) is 0 Å². The van der Waals surface area contributed by atoms with Crippen LogP contribution < -0.4 is 11.1 Å². The van der Waals surface area contributed by atoms with Gasteiger partial charge in [-0.2, -0.15) is 0 Å². The molecule has 100 valence electrons. The quantitative estimate of drug-likeness (QED) is 0.776. The van der Waals surface area contributed by atoms with E-state index >= 15 is 0 Å². The first-order valence-corrected chi connectivity index (χ1v) is 7.08. The summed E-state index contributed by atoms with van der Waals surface area (Å²) in [5, 5.41) is 7.24. The molecule has 0 aliphatic heterocycles. The van der Waals surface area contributed by atoms with Gasteiger partial charge in [0.1, 0.15) is 5.69 Å². The van der Waals surface area contributed by atoms with E-state index in [0.29, 0.717) is 17.4 Å². The lowest BCUT2D eigenvalue weighted by Gasteiger charge is -2.07. The lowest BCUT2D eigenvalue weighted by molar-refractivity contribution is 0.0947. The molecule has 3 rings (SSSR count). The van der Waals surface area contributed by atoms with Gasteiger partial charge in [0.2, 0.25) is 0 Å². The molecule has 0 saturated heterocycles. The molecule has 0 radical (unpaired) electrons. The maximum atomic E-state index is 11.9. The summed E-state index contributed by atoms with van der Waals surface area (Å²) in [6.45, 7) is 0.470. The van der Waals surface area contributed by atoms with Gasteiger partial charge in [0.25, 0.3) is 5.91 Å². The largest absolute Gasteiger partial charge is 0.375 e. The molecular weight excluding hydrogens is 270 g/mol. The minimum atomic E-state index is -0.203. The summed E-state index contributed by atoms with van der Waals surface area (Å²) in [6, 6.07) is 14.2. The normalized spacial score (nSPS) is 10.6. The first-order valence-electron chi connectivity index (χ1n) is 6.20. The molecule has 3 N–H and O–H groups in total. The standard InChI is InChI=1S/C15H13N3OS/c16-15-18-13(9-20-15)14(19)17-8-11-6-3-5-10-4-1-2-7-12(10)11/h1-7,9H,8H2,(H2,16,18)(H,17,19). The second-order valence-corrected chi connectivity index (χ2v) is 5.28. The van der Waals surface area contributed by atoms with E-state index in [1.165, 1.54) is 11.3 Å². The number of anilines is 1. The minimum absolute atomic E-state index is 0.203. The highest BCUT2D eigenvalue weighted by Crippen LogP contribution is 2.18. The molecule has 0 fully saturated rings. The zero-order valence-corrected chi connectivity index (χ0v) is 11.5. The highest BCUT2D eigenvalue weighted by atomic mass is 32.1. The Morgan fingerprint density at radius 3 is 2.80 bits per heavy atom. The number of hydrogen-bond donors (Lipinski definition) is 2. The fraction of sp³-hybridized carbons (Fsp3) is 0.0667. The van der Waals surface area contributed by atoms with E-state index < -0.39 is 0 Å². The zero-order chi connectivity index (χ0) is 13.9. The Bertz CT molecular complexity index is 761. The fourth-order valence-corrected chi connectivity index (χ4v) is 2.65. The van der Waals surface area contributed by atoms with E-state index in [9.17, 15) is 4.79 Å². The van der Waals surface area contributed by atoms with Crippen LogP contribution in [0.1, 0.15) is 16.1 Å². The summed E-state index contributed by atoms with van der Waals surface area (Å²) in [5.41, 5.74) is 6.98. The molecule has 0 bridgehead atoms. The van der Waals surface area contributed by atoms with E-state index in [-0.39, 0.29) is 5.91 Å². The van der Waals surface area contributed by atoms with Gasteiger partial charge in [-0.25, -0.2) is 4.98 Å². The average Bonchev–Trinajstić information content (AvgIpc) is 2.91. The monoisotopic (exact) mass is 283 g/mol. The van der Waals surface area contributed by atoms with Gasteiger partial charge in [0, 0.05) is 11.9 Å². The van der Waals surface area contributed by atoms with Crippen LogP contribution >= 0.6 is 11.3 Å². The number of fused-ring (bicyclic) bond motifs is 1. The Hall–Kier alpha value is -2.40. The number of hydrogen-bond acceptors (Lipinski definition) is 4. The van der Waals surface area contributed by atoms with Crippen LogP contribution in [0.25, 0.3) is 10.8 Å². The lowest BCUT2D eigenvalue weighted by atomic mass is 10.0. The molecule has 0 unspecified atom stereocenters. The van der Waals surface area contributed by atoms with E-state index in [1.54, 1.807) is 5.38 Å². The number of nitrogens with one attached hydrogen (secondary N) is 1. The van der Waals surface area contributed by atoms with E-state index in [4.69, 9.17) is 5.73 Å². The van der Waals surface area contributed by atoms with Crippen molar-refractivity contribution in [2.75, 3.05) is 5.73 Å². The second kappa shape index (κ2) is 5.30. The highest BCUT2D eigenvalue weighted by molar-refractivity contribution is 7.13. The van der Waals surface area contributed by atoms with Crippen LogP contribution in [0.15, 0.2) is 47.8 Å². The molecule has 4 nitrogen and oxygen atoms in total. The van der Waals surface area contributed by atoms with E-state index in [0.717, 1.165) is 16.3 Å². The smallest absolute Gasteiger partial charge is 0.271 e. The van der Waals surface area contributed by atoms with Crippen molar-refractivity contribution in [3.63, 3.8) is 0 Å². The van der Waals surface area contributed by atoms with Crippen molar-refractivity contribution < 1.29 is 4.79 Å². The molecule has 0 saturated carbocycles. The van der Waals surface area contributed by atoms with Crippen LogP contribution in [0.4, 0.5) is 5.13 Å². The third kappa shape index (κ3) is 2.48. The van der Waals surface area contributed by atoms with Gasteiger partial charge in [-0.1, -0.05) is 42.5 Å². The molecular formula is C15H13N3OS. The maximum absolute atomic E-state index is 11.9. The predicted octanol–water partition coefficient (Wildman–Crippen LogP) is 2.81. The number of benzene rings is 2. The Balaban J connectivity index is 1.79. The number of amides is 1. The summed E-state index contributed by atoms with van der Waals surface area (Å²) >= 11 is 1.26. The van der Waals surface area contributed by atoms with Gasteiger partial charge < -0.3 is 11.1 Å². The van der Waals surface area contributed by atoms with Crippen molar-refractivity contribution in [1.82, 2.24) is 10.3 Å². The second-order valence-electron chi connectivity index (χ2n) is 4.39. The van der Waals surface area contributed by atoms with E-state index in [1.807, 2.05) is 24.3 Å². The summed E-state index contributed by atoms with van der Waals surface area (Å²) < 4.78 is 0. The average molecular weight is 283 g/mol. The molecule has 5 heteroatoms. The number of nitrogens with two attached hydrogens (primary N) is 1. The third-order valence-electron chi connectivity index (χ3n) is 3.07. The van der Waals surface area contributed by atoms with E-state index in [2.05, 4.69) is 28.5 Å². The van der Waals surface area contributed by atoms with Crippen molar-refractivity contribution in [3.05, 3.63) is 59.1 Å². The third-order valence-corrected chi connectivity index (χ3v) is 3.75. The summed E-state index contributed by atoms with van der Waals surface area (Å²) in [4.78, 5) is 15.9. The first-order chi connectivity index (χ1) is 9.74. The molecule has 0 spiro atoms. The molecule has 1 amide bonds. The number of thiazole rings is 1. The molecule has 3 aromatic rings. The SMILES string of the molecule is Nc1nc(C(=O)NCc2cccc3ccccc23)cs1. The number of aromatic nitrogens is 1. The molecule has 0 aliphatic rings. The topological polar surface area (TPSA) is 68.0 Å². The summed E-state index contributed by atoms with van der Waals surface area (Å²) in [7, 11) is 0. The molecule has 20 heavy (non-hydrogen) atoms. The predicted molar refractivity (Wildman–Crippen MR) is 81.6 cm³/mol. The molecule has 1 aromatic heterocycles. The Labute approximate surface area is 120 Å². The van der Waals surface area contributed by atoms with Crippen molar-refractivity contribution in [2.45, 2.75) is 6.54 Å². The number of carbonyl (C=O) groups excluding carboxylic acids is 1. The zero-order valence-electron chi connectivity index (χ0n) is 10.7. The number of nitrogens with zero attached hydrogens (tertiary/aromatic N) is 1. The van der Waals surface area contributed by atoms with Crippen molar-refractivity contribution in [3.8, 4) is 0 Å². The Morgan fingerprint density at radius 2 is 2.00 bits per heavy atom. The Morgan fingerprint density at radius 1 is 1.20 bits per heavy atom. The minimum Gasteiger partial charge on any atom is -0.375 e. The summed E-state index contributed by atoms with van der Waals surface area (Å²) in [5.74, 6) is -0.203. The van der Waals surface area contributed by atoms with Crippen molar-refractivity contribution in [2.24, 2.45) is 0 Å². The van der Waals surface area contributed by atoms with Crippen LogP contribution in [0.5, 0.6) is 0 Å². The Kier molecular flexibility index (Phi) is 3.35. The fourth-order valence-electron chi connectivity index (χ4n) is 2.10. The van der Waals surface area contributed by atoms with Crippen LogP contribution in [0, 0.1) is 0 Å². The summed E-state index contributed by atoms with van der Waals surface area (Å²) in [6.07, 6.45) is 0. The van der Waals surface area contributed by atoms with Crippen LogP contribution in [-0.4, -0.2) is 10.9 Å². The van der Waals surface area contributed by atoms with Gasteiger partial charge >= 0.3 is 0 Å². The van der Waals surface area contributed by atoms with Gasteiger partial charge in [0.15, 0.2) is 5.13 Å². The van der Waals surface area contributed by atoms with Gasteiger partial charge in [-0.05, 0) is 16.3 Å². The van der Waals surface area contributed by atoms with Crippen LogP contribution in [0.3, 0.4) is 0 Å². The highest BCUT2D eigenvalue weighted by Gasteiger charge is 2.09. The number of nitrogen functional groups attached to an aromatic ring is 1. The van der Waals surface area contributed by atoms with Crippen LogP contribution in [0.2, 0.25) is 0 Å². The van der Waals surface area contributed by atoms with Gasteiger partial charge in [-0.3, -0.25) is 4.79 Å². The van der Waals surface area contributed by atoms with Gasteiger partial charge in [-0.15, -0.1) is 11.3 Å².